The zero-order chi connectivity index (χ0) is 33.3. The summed E-state index contributed by atoms with van der Waals surface area (Å²) < 4.78 is 14.8. The van der Waals surface area contributed by atoms with Gasteiger partial charge in [0, 0.05) is 17.1 Å². The van der Waals surface area contributed by atoms with Gasteiger partial charge in [-0.25, -0.2) is 14.6 Å². The van der Waals surface area contributed by atoms with Crippen molar-refractivity contribution in [2.24, 2.45) is 4.99 Å². The predicted molar refractivity (Wildman–Crippen MR) is 181 cm³/mol. The first-order valence-corrected chi connectivity index (χ1v) is 16.5. The molecule has 46 heavy (non-hydrogen) atoms. The molecule has 0 aliphatic carbocycles. The van der Waals surface area contributed by atoms with Crippen LogP contribution in [0.3, 0.4) is 0 Å². The SMILES string of the molecule is CCCC1=C(C(=O)OCC)[C@@H](c2ccc(C(C)C)cc2)n2c(s/c(=C/c3cc(C)n(-c4cccc(C(=O)OC)c4C)c3C)c2=O)=N1. The van der Waals surface area contributed by atoms with E-state index in [0.29, 0.717) is 38.5 Å². The van der Waals surface area contributed by atoms with E-state index in [-0.39, 0.29) is 18.1 Å². The van der Waals surface area contributed by atoms with E-state index in [0.717, 1.165) is 40.2 Å². The van der Waals surface area contributed by atoms with Crippen molar-refractivity contribution in [3.05, 3.63) is 119 Å². The van der Waals surface area contributed by atoms with Crippen molar-refractivity contribution in [2.45, 2.75) is 73.3 Å². The lowest BCUT2D eigenvalue weighted by molar-refractivity contribution is -0.139. The third-order valence-corrected chi connectivity index (χ3v) is 9.50. The largest absolute Gasteiger partial charge is 0.465 e. The minimum Gasteiger partial charge on any atom is -0.465 e. The standard InChI is InChI=1S/C37H41N3O5S/c1-9-12-29-32(36(43)45-10-2)33(26-17-15-25(16-18-26)21(3)4)40-34(41)31(46-37(40)38-29)20-27-19-22(5)39(24(27)7)30-14-11-13-28(23(30)6)35(42)44-8/h11,13-21,33H,9-10,12H2,1-8H3/b31-20+/t33-/m1/s1. The average Bonchev–Trinajstić information content (AvgIpc) is 3.49. The molecule has 5 rings (SSSR count). The second-order valence-electron chi connectivity index (χ2n) is 11.8. The molecule has 0 bridgehead atoms. The van der Waals surface area contributed by atoms with Crippen LogP contribution in [0.5, 0.6) is 0 Å². The Hall–Kier alpha value is -4.50. The molecular weight excluding hydrogens is 598 g/mol. The zero-order valence-corrected chi connectivity index (χ0v) is 28.6. The summed E-state index contributed by atoms with van der Waals surface area (Å²) >= 11 is 1.32. The Labute approximate surface area is 273 Å². The third kappa shape index (κ3) is 5.91. The Morgan fingerprint density at radius 2 is 1.76 bits per heavy atom. The fourth-order valence-corrected chi connectivity index (χ4v) is 7.15. The van der Waals surface area contributed by atoms with Crippen LogP contribution >= 0.6 is 11.3 Å². The summed E-state index contributed by atoms with van der Waals surface area (Å²) in [7, 11) is 1.38. The maximum absolute atomic E-state index is 14.3. The molecule has 0 saturated carbocycles. The molecule has 9 heteroatoms. The number of aromatic nitrogens is 2. The van der Waals surface area contributed by atoms with Crippen molar-refractivity contribution in [2.75, 3.05) is 13.7 Å². The van der Waals surface area contributed by atoms with Gasteiger partial charge in [0.15, 0.2) is 4.80 Å². The summed E-state index contributed by atoms with van der Waals surface area (Å²) in [6.45, 7) is 14.2. The van der Waals surface area contributed by atoms with Crippen LogP contribution in [0.1, 0.15) is 96.5 Å². The van der Waals surface area contributed by atoms with E-state index in [2.05, 4.69) is 30.5 Å². The maximum Gasteiger partial charge on any atom is 0.338 e. The van der Waals surface area contributed by atoms with E-state index in [9.17, 15) is 14.4 Å². The van der Waals surface area contributed by atoms with E-state index >= 15 is 0 Å². The Morgan fingerprint density at radius 3 is 2.39 bits per heavy atom. The number of carbonyl (C=O) groups excluding carboxylic acids is 2. The van der Waals surface area contributed by atoms with Gasteiger partial charge in [0.05, 0.1) is 41.1 Å². The Bertz CT molecular complexity index is 2030. The highest BCUT2D eigenvalue weighted by Crippen LogP contribution is 2.33. The van der Waals surface area contributed by atoms with Gasteiger partial charge in [-0.05, 0) is 86.6 Å². The molecule has 4 aromatic rings. The number of allylic oxidation sites excluding steroid dienone is 1. The second-order valence-corrected chi connectivity index (χ2v) is 12.8. The number of rotatable bonds is 9. The molecule has 0 spiro atoms. The normalized spacial score (nSPS) is 14.8. The van der Waals surface area contributed by atoms with Gasteiger partial charge in [-0.2, -0.15) is 0 Å². The molecule has 3 heterocycles. The van der Waals surface area contributed by atoms with Crippen molar-refractivity contribution >= 4 is 29.4 Å². The lowest BCUT2D eigenvalue weighted by Gasteiger charge is -2.26. The number of esters is 2. The number of methoxy groups -OCH3 is 1. The van der Waals surface area contributed by atoms with E-state index in [4.69, 9.17) is 14.5 Å². The van der Waals surface area contributed by atoms with E-state index in [1.165, 1.54) is 24.0 Å². The zero-order valence-electron chi connectivity index (χ0n) is 27.8. The molecule has 0 amide bonds. The molecule has 240 valence electrons. The number of thiazole rings is 1. The van der Waals surface area contributed by atoms with E-state index in [1.54, 1.807) is 17.6 Å². The van der Waals surface area contributed by atoms with Crippen LogP contribution in [0.2, 0.25) is 0 Å². The molecule has 0 saturated heterocycles. The Kier molecular flexibility index (Phi) is 9.63. The molecule has 0 fully saturated rings. The van der Waals surface area contributed by atoms with Gasteiger partial charge in [-0.1, -0.05) is 68.9 Å². The van der Waals surface area contributed by atoms with Crippen molar-refractivity contribution in [3.8, 4) is 5.69 Å². The van der Waals surface area contributed by atoms with Crippen molar-refractivity contribution in [1.29, 1.82) is 0 Å². The van der Waals surface area contributed by atoms with Gasteiger partial charge in [-0.15, -0.1) is 0 Å². The molecule has 8 nitrogen and oxygen atoms in total. The third-order valence-electron chi connectivity index (χ3n) is 8.52. The van der Waals surface area contributed by atoms with Crippen LogP contribution in [0, 0.1) is 20.8 Å². The van der Waals surface area contributed by atoms with Gasteiger partial charge >= 0.3 is 11.9 Å². The van der Waals surface area contributed by atoms with Crippen LogP contribution in [0.25, 0.3) is 11.8 Å². The average molecular weight is 640 g/mol. The highest BCUT2D eigenvalue weighted by Gasteiger charge is 2.34. The molecule has 0 N–H and O–H groups in total. The summed E-state index contributed by atoms with van der Waals surface area (Å²) in [5.74, 6) is -0.492. The number of carbonyl (C=O) groups is 2. The van der Waals surface area contributed by atoms with Crippen molar-refractivity contribution in [3.63, 3.8) is 0 Å². The molecule has 1 aliphatic rings. The smallest absolute Gasteiger partial charge is 0.338 e. The molecule has 2 aromatic carbocycles. The highest BCUT2D eigenvalue weighted by molar-refractivity contribution is 7.07. The highest BCUT2D eigenvalue weighted by atomic mass is 32.1. The predicted octanol–water partition coefficient (Wildman–Crippen LogP) is 6.20. The van der Waals surface area contributed by atoms with E-state index in [1.807, 2.05) is 64.1 Å². The quantitative estimate of drug-likeness (QED) is 0.203. The van der Waals surface area contributed by atoms with Gasteiger partial charge in [-0.3, -0.25) is 9.36 Å². The molecule has 1 aliphatic heterocycles. The molecule has 0 unspecified atom stereocenters. The number of nitrogens with zero attached hydrogens (tertiary/aromatic N) is 3. The summed E-state index contributed by atoms with van der Waals surface area (Å²) in [5, 5.41) is 0. The topological polar surface area (TPSA) is 91.9 Å². The number of hydrogen-bond acceptors (Lipinski definition) is 7. The van der Waals surface area contributed by atoms with Crippen molar-refractivity contribution in [1.82, 2.24) is 9.13 Å². The van der Waals surface area contributed by atoms with Crippen LogP contribution in [-0.4, -0.2) is 34.8 Å². The van der Waals surface area contributed by atoms with Gasteiger partial charge in [0.1, 0.15) is 0 Å². The fourth-order valence-electron chi connectivity index (χ4n) is 6.14. The summed E-state index contributed by atoms with van der Waals surface area (Å²) in [4.78, 5) is 45.6. The van der Waals surface area contributed by atoms with Crippen molar-refractivity contribution < 1.29 is 19.1 Å². The number of aryl methyl sites for hydroxylation is 1. The maximum atomic E-state index is 14.3. The first kappa shape index (κ1) is 32.9. The molecule has 1 atom stereocenters. The number of benzene rings is 2. The molecular formula is C37H41N3O5S. The van der Waals surface area contributed by atoms with Crippen LogP contribution < -0.4 is 14.9 Å². The van der Waals surface area contributed by atoms with Gasteiger partial charge in [0.25, 0.3) is 5.56 Å². The number of fused-ring (bicyclic) bond motifs is 1. The molecule has 2 aromatic heterocycles. The van der Waals surface area contributed by atoms with Crippen LogP contribution in [-0.2, 0) is 14.3 Å². The summed E-state index contributed by atoms with van der Waals surface area (Å²) in [6.07, 6.45) is 3.28. The monoisotopic (exact) mass is 639 g/mol. The Morgan fingerprint density at radius 1 is 1.04 bits per heavy atom. The number of ether oxygens (including phenoxy) is 2. The first-order valence-electron chi connectivity index (χ1n) is 15.7. The minimum atomic E-state index is -0.656. The Balaban J connectivity index is 1.71. The lowest BCUT2D eigenvalue weighted by Crippen LogP contribution is -2.40. The minimum absolute atomic E-state index is 0.215. The fraction of sp³-hybridized carbons (Fsp3) is 0.351. The van der Waals surface area contributed by atoms with Gasteiger partial charge in [0.2, 0.25) is 0 Å². The summed E-state index contributed by atoms with van der Waals surface area (Å²) in [6, 6.07) is 15.1. The number of hydrogen-bond donors (Lipinski definition) is 0. The molecule has 0 radical (unpaired) electrons. The van der Waals surface area contributed by atoms with Crippen LogP contribution in [0.15, 0.2) is 69.6 Å². The summed E-state index contributed by atoms with van der Waals surface area (Å²) in [5.41, 5.74) is 7.81. The van der Waals surface area contributed by atoms with Crippen LogP contribution in [0.4, 0.5) is 0 Å². The van der Waals surface area contributed by atoms with E-state index < -0.39 is 12.0 Å². The second kappa shape index (κ2) is 13.5. The first-order chi connectivity index (χ1) is 22.0. The van der Waals surface area contributed by atoms with Gasteiger partial charge < -0.3 is 14.0 Å². The lowest BCUT2D eigenvalue weighted by atomic mass is 9.92.